The van der Waals surface area contributed by atoms with Crippen LogP contribution in [0.2, 0.25) is 5.02 Å². The molecule has 0 radical (unpaired) electrons. The van der Waals surface area contributed by atoms with E-state index >= 15 is 0 Å². The molecule has 9 heteroatoms. The van der Waals surface area contributed by atoms with Crippen LogP contribution in [-0.4, -0.2) is 44.3 Å². The van der Waals surface area contributed by atoms with Crippen LogP contribution in [0.25, 0.3) is 0 Å². The predicted molar refractivity (Wildman–Crippen MR) is 156 cm³/mol. The minimum absolute atomic E-state index is 0.0785. The SMILES string of the molecule is CCCNC(=O)[C@H](CC)N(Cc1ccc(Cl)cc1)C(=O)CN(c1ccc(C)cc1C)S(=O)(=O)c1ccccc1. The Morgan fingerprint density at radius 2 is 1.62 bits per heavy atom. The number of hydrogen-bond acceptors (Lipinski definition) is 4. The molecular formula is C30H36ClN3O4S. The van der Waals surface area contributed by atoms with Crippen LogP contribution in [-0.2, 0) is 26.2 Å². The largest absolute Gasteiger partial charge is 0.354 e. The van der Waals surface area contributed by atoms with Gasteiger partial charge in [-0.2, -0.15) is 0 Å². The number of aryl methyl sites for hydroxylation is 2. The third-order valence-electron chi connectivity index (χ3n) is 6.43. The maximum absolute atomic E-state index is 14.0. The zero-order chi connectivity index (χ0) is 28.6. The van der Waals surface area contributed by atoms with Crippen LogP contribution < -0.4 is 9.62 Å². The van der Waals surface area contributed by atoms with E-state index in [4.69, 9.17) is 11.6 Å². The number of sulfonamides is 1. The van der Waals surface area contributed by atoms with E-state index in [2.05, 4.69) is 5.32 Å². The van der Waals surface area contributed by atoms with Crippen molar-refractivity contribution in [3.05, 3.63) is 94.5 Å². The fourth-order valence-electron chi connectivity index (χ4n) is 4.39. The zero-order valence-corrected chi connectivity index (χ0v) is 24.4. The first kappa shape index (κ1) is 30.2. The molecule has 0 bridgehead atoms. The lowest BCUT2D eigenvalue weighted by atomic mass is 10.1. The number of anilines is 1. The third-order valence-corrected chi connectivity index (χ3v) is 8.46. The van der Waals surface area contributed by atoms with Gasteiger partial charge in [-0.1, -0.05) is 73.5 Å². The van der Waals surface area contributed by atoms with E-state index < -0.39 is 28.5 Å². The summed E-state index contributed by atoms with van der Waals surface area (Å²) in [4.78, 5) is 28.7. The van der Waals surface area contributed by atoms with Crippen molar-refractivity contribution in [2.24, 2.45) is 0 Å². The van der Waals surface area contributed by atoms with E-state index in [0.717, 1.165) is 27.4 Å². The molecule has 0 saturated carbocycles. The van der Waals surface area contributed by atoms with Gasteiger partial charge in [0, 0.05) is 18.1 Å². The van der Waals surface area contributed by atoms with Gasteiger partial charge in [-0.25, -0.2) is 8.42 Å². The molecule has 3 aromatic carbocycles. The topological polar surface area (TPSA) is 86.8 Å². The Morgan fingerprint density at radius 1 is 0.949 bits per heavy atom. The van der Waals surface area contributed by atoms with Crippen molar-refractivity contribution in [3.8, 4) is 0 Å². The number of rotatable bonds is 12. The molecule has 1 N–H and O–H groups in total. The van der Waals surface area contributed by atoms with Crippen molar-refractivity contribution in [1.82, 2.24) is 10.2 Å². The number of carbonyl (C=O) groups is 2. The quantitative estimate of drug-likeness (QED) is 0.313. The first-order valence-corrected chi connectivity index (χ1v) is 14.9. The second kappa shape index (κ2) is 13.6. The molecule has 0 spiro atoms. The summed E-state index contributed by atoms with van der Waals surface area (Å²) >= 11 is 6.06. The Kier molecular flexibility index (Phi) is 10.5. The Hall–Kier alpha value is -3.36. The normalized spacial score (nSPS) is 12.0. The van der Waals surface area contributed by atoms with E-state index in [-0.39, 0.29) is 17.3 Å². The number of amides is 2. The van der Waals surface area contributed by atoms with Gasteiger partial charge in [-0.3, -0.25) is 13.9 Å². The van der Waals surface area contributed by atoms with Crippen LogP contribution in [0.3, 0.4) is 0 Å². The maximum Gasteiger partial charge on any atom is 0.264 e. The summed E-state index contributed by atoms with van der Waals surface area (Å²) in [5.74, 6) is -0.756. The lowest BCUT2D eigenvalue weighted by molar-refractivity contribution is -0.140. The summed E-state index contributed by atoms with van der Waals surface area (Å²) in [5, 5.41) is 3.44. The second-order valence-corrected chi connectivity index (χ2v) is 11.8. The van der Waals surface area contributed by atoms with Gasteiger partial charge in [0.25, 0.3) is 10.0 Å². The molecule has 3 rings (SSSR count). The number of halogens is 1. The molecule has 0 heterocycles. The highest BCUT2D eigenvalue weighted by Crippen LogP contribution is 2.28. The average Bonchev–Trinajstić information content (AvgIpc) is 2.92. The molecule has 0 unspecified atom stereocenters. The number of nitrogens with one attached hydrogen (secondary N) is 1. The van der Waals surface area contributed by atoms with Crippen LogP contribution in [0, 0.1) is 13.8 Å². The van der Waals surface area contributed by atoms with Gasteiger partial charge in [-0.15, -0.1) is 0 Å². The fourth-order valence-corrected chi connectivity index (χ4v) is 6.02. The maximum atomic E-state index is 14.0. The second-order valence-electron chi connectivity index (χ2n) is 9.48. The Balaban J connectivity index is 2.07. The summed E-state index contributed by atoms with van der Waals surface area (Å²) in [5.41, 5.74) is 2.88. The van der Waals surface area contributed by atoms with Crippen molar-refractivity contribution in [1.29, 1.82) is 0 Å². The first-order valence-electron chi connectivity index (χ1n) is 13.0. The summed E-state index contributed by atoms with van der Waals surface area (Å²) in [6.07, 6.45) is 1.12. The Bertz CT molecular complexity index is 1380. The van der Waals surface area contributed by atoms with Gasteiger partial charge >= 0.3 is 0 Å². The summed E-state index contributed by atoms with van der Waals surface area (Å²) in [6, 6.07) is 19.7. The van der Waals surface area contributed by atoms with Gasteiger partial charge in [0.05, 0.1) is 10.6 Å². The molecule has 0 aliphatic carbocycles. The summed E-state index contributed by atoms with van der Waals surface area (Å²) < 4.78 is 28.9. The molecule has 3 aromatic rings. The number of carbonyl (C=O) groups excluding carboxylic acids is 2. The van der Waals surface area contributed by atoms with Crippen molar-refractivity contribution in [3.63, 3.8) is 0 Å². The first-order chi connectivity index (χ1) is 18.6. The van der Waals surface area contributed by atoms with Crippen LogP contribution >= 0.6 is 11.6 Å². The molecule has 0 saturated heterocycles. The van der Waals surface area contributed by atoms with E-state index in [1.165, 1.54) is 17.0 Å². The Labute approximate surface area is 236 Å². The standard InChI is InChI=1S/C30H36ClN3O4S/c1-5-18-32-30(36)27(6-2)33(20-24-13-15-25(31)16-14-24)29(35)21-34(28-17-12-22(3)19-23(28)4)39(37,38)26-10-8-7-9-11-26/h7-17,19,27H,5-6,18,20-21H2,1-4H3,(H,32,36)/t27-/m0/s1. The predicted octanol–water partition coefficient (Wildman–Crippen LogP) is 5.49. The van der Waals surface area contributed by atoms with E-state index in [1.54, 1.807) is 48.5 Å². The average molecular weight is 570 g/mol. The summed E-state index contributed by atoms with van der Waals surface area (Å²) in [7, 11) is -4.10. The number of benzene rings is 3. The molecule has 208 valence electrons. The molecule has 2 amide bonds. The van der Waals surface area contributed by atoms with Gasteiger partial charge in [-0.05, 0) is 68.1 Å². The van der Waals surface area contributed by atoms with Crippen LogP contribution in [0.4, 0.5) is 5.69 Å². The minimum Gasteiger partial charge on any atom is -0.354 e. The molecule has 1 atom stereocenters. The van der Waals surface area contributed by atoms with Crippen molar-refractivity contribution >= 4 is 39.1 Å². The molecule has 7 nitrogen and oxygen atoms in total. The van der Waals surface area contributed by atoms with Crippen LogP contribution in [0.15, 0.2) is 77.7 Å². The van der Waals surface area contributed by atoms with Gasteiger partial charge in [0.2, 0.25) is 11.8 Å². The number of nitrogens with zero attached hydrogens (tertiary/aromatic N) is 2. The van der Waals surface area contributed by atoms with Crippen molar-refractivity contribution < 1.29 is 18.0 Å². The van der Waals surface area contributed by atoms with Crippen LogP contribution in [0.1, 0.15) is 43.4 Å². The van der Waals surface area contributed by atoms with Gasteiger partial charge in [0.15, 0.2) is 0 Å². The van der Waals surface area contributed by atoms with E-state index in [1.807, 2.05) is 39.8 Å². The van der Waals surface area contributed by atoms with E-state index in [9.17, 15) is 18.0 Å². The van der Waals surface area contributed by atoms with Gasteiger partial charge < -0.3 is 10.2 Å². The fraction of sp³-hybridized carbons (Fsp3) is 0.333. The zero-order valence-electron chi connectivity index (χ0n) is 22.9. The molecule has 39 heavy (non-hydrogen) atoms. The number of hydrogen-bond donors (Lipinski definition) is 1. The summed E-state index contributed by atoms with van der Waals surface area (Å²) in [6.45, 7) is 7.67. The van der Waals surface area contributed by atoms with E-state index in [0.29, 0.717) is 23.7 Å². The third kappa shape index (κ3) is 7.61. The molecule has 0 aliphatic rings. The lowest BCUT2D eigenvalue weighted by Gasteiger charge is -2.33. The van der Waals surface area contributed by atoms with Crippen molar-refractivity contribution in [2.45, 2.75) is 58.0 Å². The highest BCUT2D eigenvalue weighted by Gasteiger charge is 2.34. The van der Waals surface area contributed by atoms with Crippen molar-refractivity contribution in [2.75, 3.05) is 17.4 Å². The molecule has 0 aromatic heterocycles. The molecule has 0 aliphatic heterocycles. The molecule has 0 fully saturated rings. The minimum atomic E-state index is -4.10. The smallest absolute Gasteiger partial charge is 0.264 e. The lowest BCUT2D eigenvalue weighted by Crippen LogP contribution is -2.52. The molecular weight excluding hydrogens is 534 g/mol. The highest BCUT2D eigenvalue weighted by molar-refractivity contribution is 7.92. The monoisotopic (exact) mass is 569 g/mol. The highest BCUT2D eigenvalue weighted by atomic mass is 35.5. The Morgan fingerprint density at radius 3 is 2.21 bits per heavy atom. The van der Waals surface area contributed by atoms with Gasteiger partial charge in [0.1, 0.15) is 12.6 Å². The van der Waals surface area contributed by atoms with Crippen LogP contribution in [0.5, 0.6) is 0 Å².